The first-order chi connectivity index (χ1) is 9.96. The lowest BCUT2D eigenvalue weighted by atomic mass is 9.76. The quantitative estimate of drug-likeness (QED) is 0.811. The Balaban J connectivity index is 1.68. The minimum atomic E-state index is -0.943. The lowest BCUT2D eigenvalue weighted by Crippen LogP contribution is -2.27. The molecule has 4 nitrogen and oxygen atoms in total. The molecule has 0 amide bonds. The summed E-state index contributed by atoms with van der Waals surface area (Å²) in [5.74, 6) is -0.371. The van der Waals surface area contributed by atoms with Gasteiger partial charge < -0.3 is 14.6 Å². The highest BCUT2D eigenvalue weighted by atomic mass is 16.5. The van der Waals surface area contributed by atoms with Crippen LogP contribution in [-0.4, -0.2) is 30.4 Å². The normalized spacial score (nSPS) is 18.4. The zero-order chi connectivity index (χ0) is 15.3. The van der Waals surface area contributed by atoms with Gasteiger partial charge in [-0.15, -0.1) is 0 Å². The molecule has 0 aromatic heterocycles. The molecule has 1 aromatic carbocycles. The van der Waals surface area contributed by atoms with Crippen LogP contribution < -0.4 is 4.74 Å². The molecule has 0 atom stereocenters. The van der Waals surface area contributed by atoms with Crippen LogP contribution in [-0.2, 0) is 4.74 Å². The largest absolute Gasteiger partial charge is 0.491 e. The number of carboxylic acid groups (broad SMARTS) is 1. The van der Waals surface area contributed by atoms with Crippen molar-refractivity contribution in [1.82, 2.24) is 0 Å². The maximum atomic E-state index is 10.9. The monoisotopic (exact) mass is 292 g/mol. The Morgan fingerprint density at radius 2 is 2.00 bits per heavy atom. The summed E-state index contributed by atoms with van der Waals surface area (Å²) in [5, 5.41) is 8.91. The SMILES string of the molecule is CC1(C)CCC(OCCOc2cccc(C(=O)O)c2)CC1. The van der Waals surface area contributed by atoms with E-state index in [2.05, 4.69) is 13.8 Å². The molecule has 0 bridgehead atoms. The smallest absolute Gasteiger partial charge is 0.335 e. The average molecular weight is 292 g/mol. The molecule has 21 heavy (non-hydrogen) atoms. The van der Waals surface area contributed by atoms with Gasteiger partial charge in [-0.1, -0.05) is 19.9 Å². The van der Waals surface area contributed by atoms with E-state index < -0.39 is 5.97 Å². The zero-order valence-corrected chi connectivity index (χ0v) is 12.8. The van der Waals surface area contributed by atoms with E-state index in [4.69, 9.17) is 14.6 Å². The van der Waals surface area contributed by atoms with E-state index >= 15 is 0 Å². The highest BCUT2D eigenvalue weighted by Gasteiger charge is 2.26. The van der Waals surface area contributed by atoms with Gasteiger partial charge in [-0.05, 0) is 49.3 Å². The molecular weight excluding hydrogens is 268 g/mol. The van der Waals surface area contributed by atoms with E-state index in [0.717, 1.165) is 12.8 Å². The summed E-state index contributed by atoms with van der Waals surface area (Å²) in [4.78, 5) is 10.9. The van der Waals surface area contributed by atoms with Crippen molar-refractivity contribution in [2.75, 3.05) is 13.2 Å². The number of hydrogen-bond donors (Lipinski definition) is 1. The van der Waals surface area contributed by atoms with E-state index in [-0.39, 0.29) is 5.56 Å². The molecule has 1 aliphatic carbocycles. The summed E-state index contributed by atoms with van der Waals surface area (Å²) in [6.07, 6.45) is 4.98. The molecule has 0 saturated heterocycles. The topological polar surface area (TPSA) is 55.8 Å². The Morgan fingerprint density at radius 3 is 2.67 bits per heavy atom. The van der Waals surface area contributed by atoms with Gasteiger partial charge in [-0.3, -0.25) is 0 Å². The third-order valence-electron chi connectivity index (χ3n) is 4.07. The molecule has 2 rings (SSSR count). The highest BCUT2D eigenvalue weighted by Crippen LogP contribution is 2.36. The molecule has 1 aromatic rings. The number of aromatic carboxylic acids is 1. The fraction of sp³-hybridized carbons (Fsp3) is 0.588. The van der Waals surface area contributed by atoms with Gasteiger partial charge in [0.25, 0.3) is 0 Å². The fourth-order valence-electron chi connectivity index (χ4n) is 2.63. The molecule has 1 fully saturated rings. The van der Waals surface area contributed by atoms with Crippen LogP contribution >= 0.6 is 0 Å². The molecule has 116 valence electrons. The average Bonchev–Trinajstić information content (AvgIpc) is 2.45. The van der Waals surface area contributed by atoms with Crippen LogP contribution in [0.1, 0.15) is 49.9 Å². The van der Waals surface area contributed by atoms with Crippen molar-refractivity contribution in [2.45, 2.75) is 45.6 Å². The van der Waals surface area contributed by atoms with Crippen molar-refractivity contribution in [2.24, 2.45) is 5.41 Å². The van der Waals surface area contributed by atoms with Gasteiger partial charge in [-0.25, -0.2) is 4.79 Å². The molecular formula is C17H24O4. The molecule has 1 saturated carbocycles. The Kier molecular flexibility index (Phi) is 5.23. The summed E-state index contributed by atoms with van der Waals surface area (Å²) >= 11 is 0. The maximum absolute atomic E-state index is 10.9. The standard InChI is InChI=1S/C17H24O4/c1-17(2)8-6-14(7-9-17)20-10-11-21-15-5-3-4-13(12-15)16(18)19/h3-5,12,14H,6-11H2,1-2H3,(H,18,19). The van der Waals surface area contributed by atoms with Crippen LogP contribution in [0.15, 0.2) is 24.3 Å². The van der Waals surface area contributed by atoms with E-state index in [1.807, 2.05) is 0 Å². The summed E-state index contributed by atoms with van der Waals surface area (Å²) in [5.41, 5.74) is 0.691. The summed E-state index contributed by atoms with van der Waals surface area (Å²) < 4.78 is 11.4. The maximum Gasteiger partial charge on any atom is 0.335 e. The second-order valence-electron chi connectivity index (χ2n) is 6.42. The Morgan fingerprint density at radius 1 is 1.29 bits per heavy atom. The van der Waals surface area contributed by atoms with E-state index in [1.165, 1.54) is 18.9 Å². The summed E-state index contributed by atoms with van der Waals surface area (Å²) in [6.45, 7) is 5.61. The molecule has 0 radical (unpaired) electrons. The van der Waals surface area contributed by atoms with Crippen molar-refractivity contribution >= 4 is 5.97 Å². The number of benzene rings is 1. The third-order valence-corrected chi connectivity index (χ3v) is 4.07. The minimum Gasteiger partial charge on any atom is -0.491 e. The van der Waals surface area contributed by atoms with Gasteiger partial charge in [-0.2, -0.15) is 0 Å². The number of ether oxygens (including phenoxy) is 2. The van der Waals surface area contributed by atoms with Crippen LogP contribution in [0.25, 0.3) is 0 Å². The Hall–Kier alpha value is -1.55. The van der Waals surface area contributed by atoms with Crippen LogP contribution in [0.2, 0.25) is 0 Å². The molecule has 1 N–H and O–H groups in total. The fourth-order valence-corrected chi connectivity index (χ4v) is 2.63. The zero-order valence-electron chi connectivity index (χ0n) is 12.8. The van der Waals surface area contributed by atoms with Crippen LogP contribution in [0.3, 0.4) is 0 Å². The lowest BCUT2D eigenvalue weighted by Gasteiger charge is -2.34. The Bertz CT molecular complexity index is 471. The second-order valence-corrected chi connectivity index (χ2v) is 6.42. The number of hydrogen-bond acceptors (Lipinski definition) is 3. The molecule has 1 aliphatic rings. The van der Waals surface area contributed by atoms with Crippen molar-refractivity contribution in [3.63, 3.8) is 0 Å². The van der Waals surface area contributed by atoms with E-state index in [0.29, 0.717) is 30.5 Å². The molecule has 4 heteroatoms. The predicted octanol–water partition coefficient (Wildman–Crippen LogP) is 3.75. The van der Waals surface area contributed by atoms with Gasteiger partial charge in [0.1, 0.15) is 12.4 Å². The van der Waals surface area contributed by atoms with Crippen molar-refractivity contribution in [1.29, 1.82) is 0 Å². The van der Waals surface area contributed by atoms with Gasteiger partial charge in [0, 0.05) is 0 Å². The first kappa shape index (κ1) is 15.8. The van der Waals surface area contributed by atoms with Crippen LogP contribution in [0, 0.1) is 5.41 Å². The Labute approximate surface area is 126 Å². The minimum absolute atomic E-state index is 0.239. The van der Waals surface area contributed by atoms with Gasteiger partial charge in [0.15, 0.2) is 0 Å². The number of carboxylic acids is 1. The van der Waals surface area contributed by atoms with Crippen LogP contribution in [0.4, 0.5) is 0 Å². The van der Waals surface area contributed by atoms with Gasteiger partial charge in [0.05, 0.1) is 18.3 Å². The van der Waals surface area contributed by atoms with Crippen molar-refractivity contribution in [3.05, 3.63) is 29.8 Å². The van der Waals surface area contributed by atoms with Gasteiger partial charge >= 0.3 is 5.97 Å². The summed E-state index contributed by atoms with van der Waals surface area (Å²) in [7, 11) is 0. The second kappa shape index (κ2) is 6.94. The molecule has 0 aliphatic heterocycles. The first-order valence-electron chi connectivity index (χ1n) is 7.54. The third kappa shape index (κ3) is 5.05. The predicted molar refractivity (Wildman–Crippen MR) is 80.9 cm³/mol. The van der Waals surface area contributed by atoms with Crippen molar-refractivity contribution < 1.29 is 19.4 Å². The van der Waals surface area contributed by atoms with Crippen molar-refractivity contribution in [3.8, 4) is 5.75 Å². The van der Waals surface area contributed by atoms with Crippen LogP contribution in [0.5, 0.6) is 5.75 Å². The van der Waals surface area contributed by atoms with Gasteiger partial charge in [0.2, 0.25) is 0 Å². The summed E-state index contributed by atoms with van der Waals surface area (Å²) in [6, 6.07) is 6.53. The molecule has 0 spiro atoms. The number of carbonyl (C=O) groups is 1. The highest BCUT2D eigenvalue weighted by molar-refractivity contribution is 5.87. The molecule has 0 unspecified atom stereocenters. The van der Waals surface area contributed by atoms with E-state index in [9.17, 15) is 4.79 Å². The lowest BCUT2D eigenvalue weighted by molar-refractivity contribution is -0.00732. The first-order valence-corrected chi connectivity index (χ1v) is 7.54. The molecule has 0 heterocycles. The van der Waals surface area contributed by atoms with E-state index in [1.54, 1.807) is 18.2 Å². The number of rotatable bonds is 6.